The summed E-state index contributed by atoms with van der Waals surface area (Å²) in [5, 5.41) is 9.90. The highest BCUT2D eigenvalue weighted by molar-refractivity contribution is 5.90. The zero-order chi connectivity index (χ0) is 19.3. The predicted octanol–water partition coefficient (Wildman–Crippen LogP) is 1.39. The van der Waals surface area contributed by atoms with Crippen LogP contribution in [-0.4, -0.2) is 39.4 Å². The van der Waals surface area contributed by atoms with Crippen LogP contribution in [0.3, 0.4) is 0 Å². The average molecular weight is 385 g/mol. The van der Waals surface area contributed by atoms with Crippen LogP contribution in [0.15, 0.2) is 24.5 Å². The molecule has 0 unspecified atom stereocenters. The van der Waals surface area contributed by atoms with E-state index in [9.17, 15) is 9.59 Å². The molecule has 148 valence electrons. The predicted molar refractivity (Wildman–Crippen MR) is 98.8 cm³/mol. The van der Waals surface area contributed by atoms with E-state index in [4.69, 9.17) is 9.47 Å². The Kier molecular flexibility index (Phi) is 5.41. The van der Waals surface area contributed by atoms with Crippen LogP contribution in [0.1, 0.15) is 48.3 Å². The van der Waals surface area contributed by atoms with Gasteiger partial charge in [-0.3, -0.25) is 9.59 Å². The highest BCUT2D eigenvalue weighted by atomic mass is 16.7. The van der Waals surface area contributed by atoms with Crippen LogP contribution in [0.25, 0.3) is 0 Å². The van der Waals surface area contributed by atoms with Gasteiger partial charge in [-0.1, -0.05) is 25.3 Å². The Balaban J connectivity index is 1.26. The van der Waals surface area contributed by atoms with E-state index in [0.717, 1.165) is 31.2 Å². The summed E-state index contributed by atoms with van der Waals surface area (Å²) >= 11 is 0. The molecule has 0 spiro atoms. The summed E-state index contributed by atoms with van der Waals surface area (Å²) in [5.74, 6) is 0.968. The number of aromatic nitrogens is 3. The van der Waals surface area contributed by atoms with Crippen molar-refractivity contribution >= 4 is 11.8 Å². The second kappa shape index (κ2) is 8.28. The number of carbonyl (C=O) groups is 2. The number of hydrogen-bond donors (Lipinski definition) is 2. The third-order valence-corrected chi connectivity index (χ3v) is 4.91. The van der Waals surface area contributed by atoms with E-state index in [0.29, 0.717) is 18.0 Å². The lowest BCUT2D eigenvalue weighted by atomic mass is 9.95. The molecular weight excluding hydrogens is 362 g/mol. The fourth-order valence-corrected chi connectivity index (χ4v) is 3.43. The standard InChI is InChI=1S/C19H23N5O4/c25-17(20-9-13-6-7-15-16(8-13)28-12-27-15)10-24-11-21-18(23-24)19(26)22-14-4-2-1-3-5-14/h6-8,11,14H,1-5,9-10,12H2,(H,20,25)(H,22,26). The molecule has 1 saturated carbocycles. The quantitative estimate of drug-likeness (QED) is 0.778. The largest absolute Gasteiger partial charge is 0.454 e. The summed E-state index contributed by atoms with van der Waals surface area (Å²) in [6.45, 7) is 0.571. The molecule has 0 radical (unpaired) electrons. The number of hydrogen-bond acceptors (Lipinski definition) is 6. The van der Waals surface area contributed by atoms with E-state index in [1.807, 2.05) is 18.2 Å². The van der Waals surface area contributed by atoms with Crippen molar-refractivity contribution in [3.63, 3.8) is 0 Å². The third kappa shape index (κ3) is 4.41. The minimum Gasteiger partial charge on any atom is -0.454 e. The van der Waals surface area contributed by atoms with Crippen molar-refractivity contribution in [2.45, 2.75) is 51.2 Å². The number of rotatable bonds is 6. The number of carbonyl (C=O) groups excluding carboxylic acids is 2. The van der Waals surface area contributed by atoms with Crippen LogP contribution in [0.2, 0.25) is 0 Å². The molecule has 1 fully saturated rings. The van der Waals surface area contributed by atoms with Gasteiger partial charge in [-0.25, -0.2) is 9.67 Å². The highest BCUT2D eigenvalue weighted by Crippen LogP contribution is 2.32. The smallest absolute Gasteiger partial charge is 0.291 e. The summed E-state index contributed by atoms with van der Waals surface area (Å²) < 4.78 is 12.0. The first-order valence-electron chi connectivity index (χ1n) is 9.53. The van der Waals surface area contributed by atoms with Crippen molar-refractivity contribution in [3.05, 3.63) is 35.9 Å². The van der Waals surface area contributed by atoms with Gasteiger partial charge in [0.1, 0.15) is 12.9 Å². The van der Waals surface area contributed by atoms with Crippen LogP contribution in [0.5, 0.6) is 11.5 Å². The lowest BCUT2D eigenvalue weighted by Crippen LogP contribution is -2.36. The number of benzene rings is 1. The number of nitrogens with zero attached hydrogens (tertiary/aromatic N) is 3. The Labute approximate surface area is 162 Å². The van der Waals surface area contributed by atoms with Crippen molar-refractivity contribution in [1.82, 2.24) is 25.4 Å². The SMILES string of the molecule is O=C(Cn1cnc(C(=O)NC2CCCCC2)n1)NCc1ccc2c(c1)OCO2. The molecule has 9 nitrogen and oxygen atoms in total. The van der Waals surface area contributed by atoms with E-state index < -0.39 is 0 Å². The lowest BCUT2D eigenvalue weighted by Gasteiger charge is -2.21. The summed E-state index contributed by atoms with van der Waals surface area (Å²) in [6, 6.07) is 5.72. The van der Waals surface area contributed by atoms with Crippen molar-refractivity contribution in [3.8, 4) is 11.5 Å². The maximum absolute atomic E-state index is 12.2. The molecule has 2 aliphatic rings. The number of nitrogens with one attached hydrogen (secondary N) is 2. The van der Waals surface area contributed by atoms with Gasteiger partial charge in [0.2, 0.25) is 18.5 Å². The van der Waals surface area contributed by atoms with E-state index in [1.165, 1.54) is 17.4 Å². The first-order valence-corrected chi connectivity index (χ1v) is 9.53. The molecule has 2 heterocycles. The monoisotopic (exact) mass is 385 g/mol. The second-order valence-corrected chi connectivity index (χ2v) is 7.04. The van der Waals surface area contributed by atoms with Gasteiger partial charge in [-0.2, -0.15) is 0 Å². The molecule has 28 heavy (non-hydrogen) atoms. The number of ether oxygens (including phenoxy) is 2. The highest BCUT2D eigenvalue weighted by Gasteiger charge is 2.19. The summed E-state index contributed by atoms with van der Waals surface area (Å²) in [4.78, 5) is 28.4. The molecule has 1 aliphatic carbocycles. The van der Waals surface area contributed by atoms with Crippen LogP contribution in [0.4, 0.5) is 0 Å². The van der Waals surface area contributed by atoms with Gasteiger partial charge in [-0.05, 0) is 30.5 Å². The summed E-state index contributed by atoms with van der Waals surface area (Å²) in [7, 11) is 0. The Morgan fingerprint density at radius 1 is 1.14 bits per heavy atom. The Hall–Kier alpha value is -3.10. The Morgan fingerprint density at radius 2 is 1.96 bits per heavy atom. The summed E-state index contributed by atoms with van der Waals surface area (Å²) in [5.41, 5.74) is 0.906. The molecule has 0 saturated heterocycles. The van der Waals surface area contributed by atoms with E-state index >= 15 is 0 Å². The van der Waals surface area contributed by atoms with Crippen molar-refractivity contribution in [2.75, 3.05) is 6.79 Å². The third-order valence-electron chi connectivity index (χ3n) is 4.91. The van der Waals surface area contributed by atoms with Gasteiger partial charge in [0.05, 0.1) is 0 Å². The van der Waals surface area contributed by atoms with Gasteiger partial charge in [-0.15, -0.1) is 5.10 Å². The molecule has 1 aromatic heterocycles. The molecule has 9 heteroatoms. The van der Waals surface area contributed by atoms with Crippen LogP contribution in [-0.2, 0) is 17.9 Å². The average Bonchev–Trinajstić information content (AvgIpc) is 3.36. The first-order chi connectivity index (χ1) is 13.7. The van der Waals surface area contributed by atoms with E-state index in [2.05, 4.69) is 20.7 Å². The molecule has 1 aliphatic heterocycles. The fraction of sp³-hybridized carbons (Fsp3) is 0.474. The van der Waals surface area contributed by atoms with Crippen molar-refractivity contribution in [1.29, 1.82) is 0 Å². The normalized spacial score (nSPS) is 16.0. The maximum atomic E-state index is 12.2. The minimum absolute atomic E-state index is 0.00569. The molecule has 1 aromatic carbocycles. The topological polar surface area (TPSA) is 107 Å². The minimum atomic E-state index is -0.286. The molecule has 2 amide bonds. The van der Waals surface area contributed by atoms with Gasteiger partial charge in [0.15, 0.2) is 11.5 Å². The van der Waals surface area contributed by atoms with Crippen LogP contribution < -0.4 is 20.1 Å². The molecule has 2 N–H and O–H groups in total. The Bertz CT molecular complexity index is 860. The molecule has 0 atom stereocenters. The molecule has 2 aromatic rings. The van der Waals surface area contributed by atoms with Gasteiger partial charge in [0, 0.05) is 12.6 Å². The Morgan fingerprint density at radius 3 is 2.82 bits per heavy atom. The molecule has 4 rings (SSSR count). The van der Waals surface area contributed by atoms with Crippen LogP contribution in [0, 0.1) is 0 Å². The molecular formula is C19H23N5O4. The van der Waals surface area contributed by atoms with Gasteiger partial charge in [0.25, 0.3) is 5.91 Å². The number of fused-ring (bicyclic) bond motifs is 1. The van der Waals surface area contributed by atoms with Crippen molar-refractivity contribution < 1.29 is 19.1 Å². The van der Waals surface area contributed by atoms with Gasteiger partial charge < -0.3 is 20.1 Å². The number of amides is 2. The second-order valence-electron chi connectivity index (χ2n) is 7.04. The van der Waals surface area contributed by atoms with E-state index in [1.54, 1.807) is 0 Å². The summed E-state index contributed by atoms with van der Waals surface area (Å²) in [6.07, 6.45) is 6.88. The fourth-order valence-electron chi connectivity index (χ4n) is 3.43. The zero-order valence-corrected chi connectivity index (χ0v) is 15.5. The van der Waals surface area contributed by atoms with E-state index in [-0.39, 0.29) is 37.0 Å². The van der Waals surface area contributed by atoms with Crippen LogP contribution >= 0.6 is 0 Å². The maximum Gasteiger partial charge on any atom is 0.291 e. The molecule has 0 bridgehead atoms. The van der Waals surface area contributed by atoms with Crippen molar-refractivity contribution in [2.24, 2.45) is 0 Å². The first kappa shape index (κ1) is 18.3. The lowest BCUT2D eigenvalue weighted by molar-refractivity contribution is -0.122. The van der Waals surface area contributed by atoms with Gasteiger partial charge >= 0.3 is 0 Å². The zero-order valence-electron chi connectivity index (χ0n) is 15.5.